The smallest absolute Gasteiger partial charge is 0.415 e. The number of benzene rings is 2. The molecule has 1 amide bonds. The van der Waals surface area contributed by atoms with E-state index >= 15 is 0 Å². The minimum Gasteiger partial charge on any atom is -0.496 e. The SMILES string of the molecule is CNc1c(OC(=O)N2CCOCC2)cc(NSc2ccccc2OC)cc1C1(C=O)CCC1. The fourth-order valence-corrected chi connectivity index (χ4v) is 4.88. The van der Waals surface area contributed by atoms with E-state index in [1.807, 2.05) is 30.3 Å². The van der Waals surface area contributed by atoms with Gasteiger partial charge in [0.25, 0.3) is 0 Å². The third-order valence-corrected chi connectivity index (χ3v) is 7.07. The van der Waals surface area contributed by atoms with Crippen LogP contribution < -0.4 is 19.5 Å². The molecule has 2 fully saturated rings. The third kappa shape index (κ3) is 4.89. The first kappa shape index (κ1) is 23.3. The van der Waals surface area contributed by atoms with Gasteiger partial charge >= 0.3 is 6.09 Å². The van der Waals surface area contributed by atoms with Crippen molar-refractivity contribution in [2.75, 3.05) is 50.5 Å². The highest BCUT2D eigenvalue weighted by atomic mass is 32.2. The van der Waals surface area contributed by atoms with Crippen LogP contribution in [-0.4, -0.2) is 57.7 Å². The molecule has 4 rings (SSSR count). The molecular formula is C24H29N3O5S. The van der Waals surface area contributed by atoms with Crippen molar-refractivity contribution in [2.24, 2.45) is 0 Å². The summed E-state index contributed by atoms with van der Waals surface area (Å²) in [6.45, 7) is 1.95. The van der Waals surface area contributed by atoms with E-state index in [2.05, 4.69) is 10.0 Å². The van der Waals surface area contributed by atoms with Crippen LogP contribution in [0.15, 0.2) is 41.3 Å². The number of hydrogen-bond donors (Lipinski definition) is 2. The van der Waals surface area contributed by atoms with Crippen molar-refractivity contribution in [3.63, 3.8) is 0 Å². The van der Waals surface area contributed by atoms with Gasteiger partial charge < -0.3 is 33.9 Å². The Morgan fingerprint density at radius 1 is 1.18 bits per heavy atom. The molecule has 9 heteroatoms. The second-order valence-electron chi connectivity index (χ2n) is 8.10. The van der Waals surface area contributed by atoms with Crippen LogP contribution in [0.4, 0.5) is 16.2 Å². The molecule has 2 aromatic rings. The predicted octanol–water partition coefficient (Wildman–Crippen LogP) is 4.31. The summed E-state index contributed by atoms with van der Waals surface area (Å²) in [5, 5.41) is 3.17. The van der Waals surface area contributed by atoms with Crippen molar-refractivity contribution >= 4 is 35.7 Å². The van der Waals surface area contributed by atoms with E-state index in [9.17, 15) is 9.59 Å². The molecule has 0 aromatic heterocycles. The highest BCUT2D eigenvalue weighted by Crippen LogP contribution is 2.49. The quantitative estimate of drug-likeness (QED) is 0.435. The molecule has 8 nitrogen and oxygen atoms in total. The van der Waals surface area contributed by atoms with Crippen LogP contribution >= 0.6 is 11.9 Å². The summed E-state index contributed by atoms with van der Waals surface area (Å²) in [4.78, 5) is 27.5. The third-order valence-electron chi connectivity index (χ3n) is 6.17. The molecule has 1 saturated heterocycles. The highest BCUT2D eigenvalue weighted by Gasteiger charge is 2.41. The number of anilines is 2. The van der Waals surface area contributed by atoms with Crippen molar-refractivity contribution in [3.8, 4) is 11.5 Å². The second kappa shape index (κ2) is 10.4. The minimum absolute atomic E-state index is 0.391. The van der Waals surface area contributed by atoms with Gasteiger partial charge in [-0.15, -0.1) is 0 Å². The number of nitrogens with one attached hydrogen (secondary N) is 2. The first-order chi connectivity index (χ1) is 16.1. The Bertz CT molecular complexity index is 1010. The van der Waals surface area contributed by atoms with Crippen molar-refractivity contribution < 1.29 is 23.8 Å². The van der Waals surface area contributed by atoms with Gasteiger partial charge in [0.15, 0.2) is 5.75 Å². The molecule has 176 valence electrons. The zero-order valence-corrected chi connectivity index (χ0v) is 19.7. The van der Waals surface area contributed by atoms with Crippen LogP contribution in [0, 0.1) is 0 Å². The highest BCUT2D eigenvalue weighted by molar-refractivity contribution is 8.00. The van der Waals surface area contributed by atoms with Crippen LogP contribution in [0.3, 0.4) is 0 Å². The lowest BCUT2D eigenvalue weighted by Crippen LogP contribution is -2.42. The first-order valence-corrected chi connectivity index (χ1v) is 11.8. The summed E-state index contributed by atoms with van der Waals surface area (Å²) in [5.74, 6) is 1.15. The molecule has 2 aromatic carbocycles. The van der Waals surface area contributed by atoms with Crippen molar-refractivity contribution in [1.29, 1.82) is 0 Å². The fraction of sp³-hybridized carbons (Fsp3) is 0.417. The van der Waals surface area contributed by atoms with E-state index in [-0.39, 0.29) is 0 Å². The van der Waals surface area contributed by atoms with E-state index in [0.717, 1.165) is 47.4 Å². The number of ether oxygens (including phenoxy) is 3. The van der Waals surface area contributed by atoms with Gasteiger partial charge in [0.05, 0.1) is 36.3 Å². The summed E-state index contributed by atoms with van der Waals surface area (Å²) in [6.07, 6.45) is 3.12. The van der Waals surface area contributed by atoms with Gasteiger partial charge in [-0.05, 0) is 48.6 Å². The van der Waals surface area contributed by atoms with E-state index in [4.69, 9.17) is 14.2 Å². The maximum atomic E-state index is 12.8. The van der Waals surface area contributed by atoms with Crippen molar-refractivity contribution in [3.05, 3.63) is 42.0 Å². The molecule has 1 saturated carbocycles. The maximum absolute atomic E-state index is 12.8. The molecule has 33 heavy (non-hydrogen) atoms. The van der Waals surface area contributed by atoms with Crippen LogP contribution in [0.1, 0.15) is 24.8 Å². The van der Waals surface area contributed by atoms with Gasteiger partial charge in [-0.25, -0.2) is 4.79 Å². The molecule has 0 bridgehead atoms. The number of amides is 1. The second-order valence-corrected chi connectivity index (χ2v) is 8.94. The fourth-order valence-electron chi connectivity index (χ4n) is 4.14. The van der Waals surface area contributed by atoms with Gasteiger partial charge in [0.2, 0.25) is 0 Å². The molecule has 0 radical (unpaired) electrons. The Hall–Kier alpha value is -2.91. The lowest BCUT2D eigenvalue weighted by atomic mass is 9.65. The Morgan fingerprint density at radius 2 is 1.94 bits per heavy atom. The van der Waals surface area contributed by atoms with E-state index in [1.54, 1.807) is 25.1 Å². The summed E-state index contributed by atoms with van der Waals surface area (Å²) in [6, 6.07) is 11.5. The maximum Gasteiger partial charge on any atom is 0.415 e. The normalized spacial score (nSPS) is 17.0. The van der Waals surface area contributed by atoms with Gasteiger partial charge in [-0.2, -0.15) is 0 Å². The molecule has 1 heterocycles. The van der Waals surface area contributed by atoms with Crippen LogP contribution in [-0.2, 0) is 14.9 Å². The number of carbonyl (C=O) groups is 2. The monoisotopic (exact) mass is 471 g/mol. The average Bonchev–Trinajstić information content (AvgIpc) is 2.83. The Balaban J connectivity index is 1.66. The van der Waals surface area contributed by atoms with Crippen LogP contribution in [0.2, 0.25) is 0 Å². The Kier molecular flexibility index (Phi) is 7.29. The number of rotatable bonds is 8. The number of hydrogen-bond acceptors (Lipinski definition) is 8. The number of nitrogens with zero attached hydrogens (tertiary/aromatic N) is 1. The van der Waals surface area contributed by atoms with Crippen LogP contribution in [0.25, 0.3) is 0 Å². The number of carbonyl (C=O) groups excluding carboxylic acids is 2. The first-order valence-electron chi connectivity index (χ1n) is 11.0. The molecule has 2 aliphatic rings. The Morgan fingerprint density at radius 3 is 2.58 bits per heavy atom. The van der Waals surface area contributed by atoms with Gasteiger partial charge in [0, 0.05) is 31.9 Å². The lowest BCUT2D eigenvalue weighted by molar-refractivity contribution is -0.115. The molecule has 1 aliphatic carbocycles. The predicted molar refractivity (Wildman–Crippen MR) is 128 cm³/mol. The van der Waals surface area contributed by atoms with Gasteiger partial charge in [0.1, 0.15) is 12.0 Å². The van der Waals surface area contributed by atoms with E-state index in [1.165, 1.54) is 11.9 Å². The molecule has 0 atom stereocenters. The summed E-state index contributed by atoms with van der Waals surface area (Å²) >= 11 is 1.40. The van der Waals surface area contributed by atoms with Gasteiger partial charge in [-0.3, -0.25) is 0 Å². The topological polar surface area (TPSA) is 89.1 Å². The van der Waals surface area contributed by atoms with E-state index in [0.29, 0.717) is 37.7 Å². The van der Waals surface area contributed by atoms with Gasteiger partial charge in [-0.1, -0.05) is 18.6 Å². The molecule has 1 aliphatic heterocycles. The average molecular weight is 472 g/mol. The molecule has 2 N–H and O–H groups in total. The molecular weight excluding hydrogens is 442 g/mol. The summed E-state index contributed by atoms with van der Waals surface area (Å²) in [5.41, 5.74) is 1.65. The van der Waals surface area contributed by atoms with Crippen molar-refractivity contribution in [1.82, 2.24) is 4.90 Å². The summed E-state index contributed by atoms with van der Waals surface area (Å²) in [7, 11) is 3.41. The number of morpholine rings is 1. The summed E-state index contributed by atoms with van der Waals surface area (Å²) < 4.78 is 19.9. The molecule has 0 spiro atoms. The van der Waals surface area contributed by atoms with Crippen molar-refractivity contribution in [2.45, 2.75) is 29.6 Å². The Labute approximate surface area is 198 Å². The number of para-hydroxylation sites is 1. The largest absolute Gasteiger partial charge is 0.496 e. The zero-order chi connectivity index (χ0) is 23.3. The standard InChI is InChI=1S/C24H29N3O5S/c1-25-22-18(24(16-28)8-5-9-24)14-17(26-33-21-7-4-3-6-19(21)30-2)15-20(22)32-23(29)27-10-12-31-13-11-27/h3-4,6-7,14-16,25-26H,5,8-13H2,1-2H3. The molecule has 0 unspecified atom stereocenters. The van der Waals surface area contributed by atoms with E-state index < -0.39 is 11.5 Å². The zero-order valence-electron chi connectivity index (χ0n) is 18.9. The number of aldehydes is 1. The van der Waals surface area contributed by atoms with Crippen LogP contribution in [0.5, 0.6) is 11.5 Å². The minimum atomic E-state index is -0.578. The lowest BCUT2D eigenvalue weighted by Gasteiger charge is -2.39. The number of methoxy groups -OCH3 is 1.